The van der Waals surface area contributed by atoms with Crippen LogP contribution in [0.1, 0.15) is 41.5 Å². The zero-order valence-electron chi connectivity index (χ0n) is 12.5. The summed E-state index contributed by atoms with van der Waals surface area (Å²) in [4.78, 5) is 2.36. The van der Waals surface area contributed by atoms with E-state index in [2.05, 4.69) is 46.4 Å². The molecule has 0 aliphatic rings. The number of hydrogen-bond donors (Lipinski definition) is 2. The molecular weight excluding hydrogens is 212 g/mol. The molecule has 2 atom stereocenters. The maximum atomic E-state index is 9.62. The van der Waals surface area contributed by atoms with E-state index in [1.54, 1.807) is 0 Å². The highest BCUT2D eigenvalue weighted by molar-refractivity contribution is 4.84. The molecule has 0 aliphatic heterocycles. The molecule has 3 nitrogen and oxygen atoms in total. The Balaban J connectivity index is 4.70. The van der Waals surface area contributed by atoms with Gasteiger partial charge in [0.2, 0.25) is 0 Å². The summed E-state index contributed by atoms with van der Waals surface area (Å²) in [5.74, 6) is 1.60. The summed E-state index contributed by atoms with van der Waals surface area (Å²) >= 11 is 0. The van der Waals surface area contributed by atoms with Crippen LogP contribution in [0.5, 0.6) is 0 Å². The van der Waals surface area contributed by atoms with Gasteiger partial charge in [-0.2, -0.15) is 0 Å². The standard InChI is InChI=1S/C14H32N2O/c1-10(2)7-16(8-11(3)4)13(9-17)14(15)12(5)6/h10-14,17H,7-9,15H2,1-6H3. The van der Waals surface area contributed by atoms with Crippen molar-refractivity contribution >= 4 is 0 Å². The van der Waals surface area contributed by atoms with Crippen molar-refractivity contribution in [1.29, 1.82) is 0 Å². The van der Waals surface area contributed by atoms with Gasteiger partial charge in [-0.25, -0.2) is 0 Å². The van der Waals surface area contributed by atoms with E-state index in [0.29, 0.717) is 17.8 Å². The Kier molecular flexibility index (Phi) is 8.01. The molecule has 0 radical (unpaired) electrons. The summed E-state index contributed by atoms with van der Waals surface area (Å²) < 4.78 is 0. The zero-order valence-corrected chi connectivity index (χ0v) is 12.5. The summed E-state index contributed by atoms with van der Waals surface area (Å²) in [7, 11) is 0. The van der Waals surface area contributed by atoms with Gasteiger partial charge in [0.15, 0.2) is 0 Å². The minimum absolute atomic E-state index is 0.0394. The van der Waals surface area contributed by atoms with E-state index in [4.69, 9.17) is 5.73 Å². The Labute approximate surface area is 107 Å². The molecule has 104 valence electrons. The van der Waals surface area contributed by atoms with E-state index in [1.165, 1.54) is 0 Å². The minimum atomic E-state index is 0.0394. The van der Waals surface area contributed by atoms with Gasteiger partial charge in [0.25, 0.3) is 0 Å². The molecule has 0 rings (SSSR count). The molecule has 0 amide bonds. The molecule has 0 aliphatic carbocycles. The van der Waals surface area contributed by atoms with Crippen LogP contribution < -0.4 is 5.73 Å². The predicted molar refractivity (Wildman–Crippen MR) is 74.9 cm³/mol. The maximum absolute atomic E-state index is 9.62. The highest BCUT2D eigenvalue weighted by Crippen LogP contribution is 2.14. The summed E-state index contributed by atoms with van der Waals surface area (Å²) in [6.45, 7) is 15.2. The predicted octanol–water partition coefficient (Wildman–Crippen LogP) is 1.94. The normalized spacial score (nSPS) is 16.2. The lowest BCUT2D eigenvalue weighted by molar-refractivity contribution is 0.0726. The first-order chi connectivity index (χ1) is 7.79. The zero-order chi connectivity index (χ0) is 13.6. The van der Waals surface area contributed by atoms with Gasteiger partial charge < -0.3 is 10.8 Å². The van der Waals surface area contributed by atoms with Crippen LogP contribution >= 0.6 is 0 Å². The van der Waals surface area contributed by atoms with Gasteiger partial charge in [-0.3, -0.25) is 4.90 Å². The van der Waals surface area contributed by atoms with Gasteiger partial charge in [-0.05, 0) is 17.8 Å². The third-order valence-corrected chi connectivity index (χ3v) is 3.07. The Bertz CT molecular complexity index is 183. The fourth-order valence-corrected chi connectivity index (χ4v) is 2.21. The van der Waals surface area contributed by atoms with Crippen LogP contribution in [0, 0.1) is 17.8 Å². The van der Waals surface area contributed by atoms with E-state index < -0.39 is 0 Å². The van der Waals surface area contributed by atoms with Crippen molar-refractivity contribution in [3.8, 4) is 0 Å². The van der Waals surface area contributed by atoms with Gasteiger partial charge in [-0.15, -0.1) is 0 Å². The SMILES string of the molecule is CC(C)CN(CC(C)C)C(CO)C(N)C(C)C. The average Bonchev–Trinajstić information content (AvgIpc) is 2.16. The van der Waals surface area contributed by atoms with Crippen LogP contribution in [-0.2, 0) is 0 Å². The molecule has 0 aromatic heterocycles. The van der Waals surface area contributed by atoms with E-state index in [-0.39, 0.29) is 18.7 Å². The molecule has 0 fully saturated rings. The van der Waals surface area contributed by atoms with E-state index >= 15 is 0 Å². The second-order valence-corrected chi connectivity index (χ2v) is 6.31. The monoisotopic (exact) mass is 244 g/mol. The van der Waals surface area contributed by atoms with Gasteiger partial charge in [-0.1, -0.05) is 41.5 Å². The van der Waals surface area contributed by atoms with Gasteiger partial charge in [0, 0.05) is 25.2 Å². The largest absolute Gasteiger partial charge is 0.395 e. The molecule has 3 heteroatoms. The van der Waals surface area contributed by atoms with Gasteiger partial charge in [0.1, 0.15) is 0 Å². The number of aliphatic hydroxyl groups is 1. The molecule has 0 aromatic rings. The number of nitrogens with zero attached hydrogens (tertiary/aromatic N) is 1. The Morgan fingerprint density at radius 2 is 1.35 bits per heavy atom. The van der Waals surface area contributed by atoms with Crippen molar-refractivity contribution in [1.82, 2.24) is 4.90 Å². The first-order valence-corrected chi connectivity index (χ1v) is 6.90. The minimum Gasteiger partial charge on any atom is -0.395 e. The fraction of sp³-hybridized carbons (Fsp3) is 1.00. The Morgan fingerprint density at radius 3 is 1.59 bits per heavy atom. The van der Waals surface area contributed by atoms with Crippen molar-refractivity contribution in [3.63, 3.8) is 0 Å². The van der Waals surface area contributed by atoms with Crippen LogP contribution in [-0.4, -0.2) is 41.8 Å². The smallest absolute Gasteiger partial charge is 0.0602 e. The highest BCUT2D eigenvalue weighted by Gasteiger charge is 2.27. The topological polar surface area (TPSA) is 49.5 Å². The number of hydrogen-bond acceptors (Lipinski definition) is 3. The molecular formula is C14H32N2O. The summed E-state index contributed by atoms with van der Waals surface area (Å²) in [5.41, 5.74) is 6.22. The summed E-state index contributed by atoms with van der Waals surface area (Å²) in [6, 6.07) is 0.122. The maximum Gasteiger partial charge on any atom is 0.0602 e. The molecule has 0 saturated heterocycles. The van der Waals surface area contributed by atoms with Crippen LogP contribution in [0.15, 0.2) is 0 Å². The van der Waals surface area contributed by atoms with Crippen LogP contribution in [0.2, 0.25) is 0 Å². The summed E-state index contributed by atoms with van der Waals surface area (Å²) in [5, 5.41) is 9.62. The Hall–Kier alpha value is -0.120. The van der Waals surface area contributed by atoms with Crippen molar-refractivity contribution in [2.45, 2.75) is 53.6 Å². The molecule has 17 heavy (non-hydrogen) atoms. The van der Waals surface area contributed by atoms with E-state index in [1.807, 2.05) is 0 Å². The van der Waals surface area contributed by atoms with Crippen molar-refractivity contribution in [2.75, 3.05) is 19.7 Å². The van der Waals surface area contributed by atoms with Gasteiger partial charge in [0.05, 0.1) is 6.61 Å². The average molecular weight is 244 g/mol. The first kappa shape index (κ1) is 16.9. The first-order valence-electron chi connectivity index (χ1n) is 6.90. The molecule has 3 N–H and O–H groups in total. The highest BCUT2D eigenvalue weighted by atomic mass is 16.3. The van der Waals surface area contributed by atoms with Crippen LogP contribution in [0.4, 0.5) is 0 Å². The van der Waals surface area contributed by atoms with E-state index in [9.17, 15) is 5.11 Å². The lowest BCUT2D eigenvalue weighted by Gasteiger charge is -2.38. The second kappa shape index (κ2) is 8.06. The number of aliphatic hydroxyl groups excluding tert-OH is 1. The second-order valence-electron chi connectivity index (χ2n) is 6.31. The number of rotatable bonds is 8. The van der Waals surface area contributed by atoms with E-state index in [0.717, 1.165) is 13.1 Å². The molecule has 0 spiro atoms. The third-order valence-electron chi connectivity index (χ3n) is 3.07. The Morgan fingerprint density at radius 1 is 0.941 bits per heavy atom. The quantitative estimate of drug-likeness (QED) is 0.686. The van der Waals surface area contributed by atoms with Crippen molar-refractivity contribution in [3.05, 3.63) is 0 Å². The number of nitrogens with two attached hydrogens (primary N) is 1. The van der Waals surface area contributed by atoms with Crippen molar-refractivity contribution < 1.29 is 5.11 Å². The van der Waals surface area contributed by atoms with Crippen molar-refractivity contribution in [2.24, 2.45) is 23.5 Å². The molecule has 0 heterocycles. The van der Waals surface area contributed by atoms with Gasteiger partial charge >= 0.3 is 0 Å². The molecule has 2 unspecified atom stereocenters. The molecule has 0 saturated carbocycles. The lowest BCUT2D eigenvalue weighted by Crippen LogP contribution is -2.54. The lowest BCUT2D eigenvalue weighted by atomic mass is 9.95. The fourth-order valence-electron chi connectivity index (χ4n) is 2.21. The summed E-state index contributed by atoms with van der Waals surface area (Å²) in [6.07, 6.45) is 0. The molecule has 0 aromatic carbocycles. The van der Waals surface area contributed by atoms with Crippen LogP contribution in [0.3, 0.4) is 0 Å². The van der Waals surface area contributed by atoms with Crippen LogP contribution in [0.25, 0.3) is 0 Å². The molecule has 0 bridgehead atoms. The third kappa shape index (κ3) is 6.39.